The minimum atomic E-state index is -0.254. The summed E-state index contributed by atoms with van der Waals surface area (Å²) in [5, 5.41) is 13.3. The highest BCUT2D eigenvalue weighted by molar-refractivity contribution is 7.15. The lowest BCUT2D eigenvalue weighted by Gasteiger charge is -2.31. The van der Waals surface area contributed by atoms with Crippen LogP contribution in [0, 0.1) is 6.92 Å². The van der Waals surface area contributed by atoms with E-state index in [1.54, 1.807) is 11.3 Å². The molecule has 7 heteroatoms. The fraction of sp³-hybridized carbons (Fsp3) is 0.700. The molecule has 1 aromatic heterocycles. The van der Waals surface area contributed by atoms with Crippen LogP contribution in [-0.4, -0.2) is 46.7 Å². The highest BCUT2D eigenvalue weighted by Gasteiger charge is 2.20. The van der Waals surface area contributed by atoms with Gasteiger partial charge < -0.3 is 11.1 Å². The summed E-state index contributed by atoms with van der Waals surface area (Å²) in [6.07, 6.45) is 2.01. The predicted molar refractivity (Wildman–Crippen MR) is 66.9 cm³/mol. The third-order valence-electron chi connectivity index (χ3n) is 2.82. The van der Waals surface area contributed by atoms with Gasteiger partial charge in [0.15, 0.2) is 0 Å². The van der Waals surface area contributed by atoms with Crippen LogP contribution in [0.4, 0.5) is 5.13 Å². The summed E-state index contributed by atoms with van der Waals surface area (Å²) in [4.78, 5) is 12.9. The standard InChI is InChI=1S/C10H17N5OS/c1-7-13-14-10(17-7)12-8-2-4-15(5-3-8)6-9(11)16/h8H,2-6H2,1H3,(H2,11,16)(H,12,14). The van der Waals surface area contributed by atoms with E-state index in [9.17, 15) is 4.79 Å². The molecule has 0 unspecified atom stereocenters. The molecule has 3 N–H and O–H groups in total. The molecule has 1 amide bonds. The molecule has 0 spiro atoms. The minimum absolute atomic E-state index is 0.254. The average Bonchev–Trinajstić information content (AvgIpc) is 2.66. The van der Waals surface area contributed by atoms with Crippen molar-refractivity contribution in [1.82, 2.24) is 15.1 Å². The number of nitrogens with two attached hydrogens (primary N) is 1. The number of aromatic nitrogens is 2. The number of amides is 1. The largest absolute Gasteiger partial charge is 0.369 e. The maximum atomic E-state index is 10.8. The first-order valence-corrected chi connectivity index (χ1v) is 6.52. The molecular weight excluding hydrogens is 238 g/mol. The van der Waals surface area contributed by atoms with E-state index in [0.29, 0.717) is 12.6 Å². The smallest absolute Gasteiger partial charge is 0.231 e. The van der Waals surface area contributed by atoms with Gasteiger partial charge >= 0.3 is 0 Å². The third kappa shape index (κ3) is 3.64. The molecule has 2 heterocycles. The number of carbonyl (C=O) groups excluding carboxylic acids is 1. The van der Waals surface area contributed by atoms with Gasteiger partial charge in [-0.1, -0.05) is 11.3 Å². The number of nitrogens with one attached hydrogen (secondary N) is 1. The van der Waals surface area contributed by atoms with Gasteiger partial charge in [-0.15, -0.1) is 10.2 Å². The predicted octanol–water partition coefficient (Wildman–Crippen LogP) is 0.208. The molecule has 6 nitrogen and oxygen atoms in total. The Bertz CT molecular complexity index is 386. The first kappa shape index (κ1) is 12.3. The Hall–Kier alpha value is -1.21. The first-order chi connectivity index (χ1) is 8.13. The van der Waals surface area contributed by atoms with E-state index >= 15 is 0 Å². The van der Waals surface area contributed by atoms with Crippen LogP contribution in [0.5, 0.6) is 0 Å². The SMILES string of the molecule is Cc1nnc(NC2CCN(CC(N)=O)CC2)s1. The lowest BCUT2D eigenvalue weighted by molar-refractivity contribution is -0.119. The van der Waals surface area contributed by atoms with Crippen molar-refractivity contribution in [3.05, 3.63) is 5.01 Å². The van der Waals surface area contributed by atoms with E-state index in [2.05, 4.69) is 20.4 Å². The van der Waals surface area contributed by atoms with Crippen LogP contribution in [0.3, 0.4) is 0 Å². The van der Waals surface area contributed by atoms with Crippen LogP contribution in [0.25, 0.3) is 0 Å². The van der Waals surface area contributed by atoms with Crippen molar-refractivity contribution < 1.29 is 4.79 Å². The maximum Gasteiger partial charge on any atom is 0.231 e. The summed E-state index contributed by atoms with van der Waals surface area (Å²) in [5.74, 6) is -0.254. The number of likely N-dealkylation sites (tertiary alicyclic amines) is 1. The van der Waals surface area contributed by atoms with Crippen molar-refractivity contribution in [2.24, 2.45) is 5.73 Å². The zero-order valence-electron chi connectivity index (χ0n) is 9.85. The first-order valence-electron chi connectivity index (χ1n) is 5.71. The van der Waals surface area contributed by atoms with Gasteiger partial charge in [0.25, 0.3) is 0 Å². The summed E-state index contributed by atoms with van der Waals surface area (Å²) in [5.41, 5.74) is 5.17. The fourth-order valence-corrected chi connectivity index (χ4v) is 2.65. The molecule has 0 bridgehead atoms. The third-order valence-corrected chi connectivity index (χ3v) is 3.59. The molecule has 0 aromatic carbocycles. The number of anilines is 1. The molecule has 0 aliphatic carbocycles. The Morgan fingerprint density at radius 3 is 2.76 bits per heavy atom. The molecule has 0 saturated carbocycles. The van der Waals surface area contributed by atoms with E-state index < -0.39 is 0 Å². The second-order valence-corrected chi connectivity index (χ2v) is 5.47. The van der Waals surface area contributed by atoms with Crippen molar-refractivity contribution in [2.75, 3.05) is 25.0 Å². The van der Waals surface area contributed by atoms with Crippen LogP contribution in [-0.2, 0) is 4.79 Å². The molecule has 0 atom stereocenters. The molecular formula is C10H17N5OS. The van der Waals surface area contributed by atoms with Gasteiger partial charge in [-0.05, 0) is 19.8 Å². The van der Waals surface area contributed by atoms with Gasteiger partial charge in [0.2, 0.25) is 11.0 Å². The van der Waals surface area contributed by atoms with Gasteiger partial charge in [-0.2, -0.15) is 0 Å². The normalized spacial score (nSPS) is 18.2. The second kappa shape index (κ2) is 5.42. The Balaban J connectivity index is 1.77. The summed E-state index contributed by atoms with van der Waals surface area (Å²) in [7, 11) is 0. The van der Waals surface area contributed by atoms with Crippen LogP contribution < -0.4 is 11.1 Å². The number of aryl methyl sites for hydroxylation is 1. The van der Waals surface area contributed by atoms with Crippen LogP contribution in [0.2, 0.25) is 0 Å². The van der Waals surface area contributed by atoms with Gasteiger partial charge in [0.05, 0.1) is 6.54 Å². The van der Waals surface area contributed by atoms with Gasteiger partial charge in [0.1, 0.15) is 5.01 Å². The Labute approximate surface area is 104 Å². The lowest BCUT2D eigenvalue weighted by Crippen LogP contribution is -2.42. The number of piperidine rings is 1. The molecule has 2 rings (SSSR count). The summed E-state index contributed by atoms with van der Waals surface area (Å²) >= 11 is 1.57. The molecule has 1 saturated heterocycles. The monoisotopic (exact) mass is 255 g/mol. The Kier molecular flexibility index (Phi) is 3.90. The van der Waals surface area contributed by atoms with Gasteiger partial charge in [-0.3, -0.25) is 9.69 Å². The van der Waals surface area contributed by atoms with Crippen molar-refractivity contribution in [3.8, 4) is 0 Å². The summed E-state index contributed by atoms with van der Waals surface area (Å²) in [6, 6.07) is 0.423. The van der Waals surface area contributed by atoms with E-state index in [1.165, 1.54) is 0 Å². The van der Waals surface area contributed by atoms with Crippen molar-refractivity contribution in [1.29, 1.82) is 0 Å². The lowest BCUT2D eigenvalue weighted by atomic mass is 10.1. The number of nitrogens with zero attached hydrogens (tertiary/aromatic N) is 3. The Morgan fingerprint density at radius 2 is 2.24 bits per heavy atom. The fourth-order valence-electron chi connectivity index (χ4n) is 1.99. The van der Waals surface area contributed by atoms with Crippen molar-refractivity contribution in [3.63, 3.8) is 0 Å². The number of hydrogen-bond donors (Lipinski definition) is 2. The second-order valence-electron chi connectivity index (χ2n) is 4.29. The summed E-state index contributed by atoms with van der Waals surface area (Å²) < 4.78 is 0. The van der Waals surface area contributed by atoms with Crippen molar-refractivity contribution in [2.45, 2.75) is 25.8 Å². The molecule has 94 valence electrons. The number of hydrogen-bond acceptors (Lipinski definition) is 6. The molecule has 1 fully saturated rings. The molecule has 1 aliphatic heterocycles. The maximum absolute atomic E-state index is 10.8. The highest BCUT2D eigenvalue weighted by atomic mass is 32.1. The molecule has 17 heavy (non-hydrogen) atoms. The van der Waals surface area contributed by atoms with Gasteiger partial charge in [-0.25, -0.2) is 0 Å². The zero-order chi connectivity index (χ0) is 12.3. The zero-order valence-corrected chi connectivity index (χ0v) is 10.7. The van der Waals surface area contributed by atoms with E-state index in [1.807, 2.05) is 6.92 Å². The van der Waals surface area contributed by atoms with Crippen LogP contribution >= 0.6 is 11.3 Å². The van der Waals surface area contributed by atoms with Crippen molar-refractivity contribution >= 4 is 22.4 Å². The summed E-state index contributed by atoms with van der Waals surface area (Å²) in [6.45, 7) is 4.11. The van der Waals surface area contributed by atoms with E-state index in [-0.39, 0.29) is 5.91 Å². The number of primary amides is 1. The Morgan fingerprint density at radius 1 is 1.53 bits per heavy atom. The van der Waals surface area contributed by atoms with Gasteiger partial charge in [0, 0.05) is 19.1 Å². The average molecular weight is 255 g/mol. The highest BCUT2D eigenvalue weighted by Crippen LogP contribution is 2.19. The molecule has 1 aliphatic rings. The quantitative estimate of drug-likeness (QED) is 0.803. The minimum Gasteiger partial charge on any atom is -0.369 e. The number of carbonyl (C=O) groups is 1. The van der Waals surface area contributed by atoms with Crippen LogP contribution in [0.1, 0.15) is 17.8 Å². The molecule has 1 aromatic rings. The van der Waals surface area contributed by atoms with Crippen LogP contribution in [0.15, 0.2) is 0 Å². The topological polar surface area (TPSA) is 84.1 Å². The molecule has 0 radical (unpaired) electrons. The van der Waals surface area contributed by atoms with E-state index in [0.717, 1.165) is 36.1 Å². The van der Waals surface area contributed by atoms with E-state index in [4.69, 9.17) is 5.73 Å². The number of rotatable bonds is 4.